The van der Waals surface area contributed by atoms with Gasteiger partial charge in [0.05, 0.1) is 6.54 Å². The van der Waals surface area contributed by atoms with Gasteiger partial charge in [-0.15, -0.1) is 0 Å². The SMILES string of the molecule is O=C(NCCOc1cc(F)c(C(=O)O)c(F)c1)OCc1ccccc1. The van der Waals surface area contributed by atoms with Gasteiger partial charge in [0.1, 0.15) is 36.2 Å². The van der Waals surface area contributed by atoms with Crippen molar-refractivity contribution in [2.45, 2.75) is 6.61 Å². The molecule has 8 heteroatoms. The van der Waals surface area contributed by atoms with Gasteiger partial charge in [-0.2, -0.15) is 0 Å². The van der Waals surface area contributed by atoms with Gasteiger partial charge in [0.25, 0.3) is 0 Å². The van der Waals surface area contributed by atoms with Gasteiger partial charge in [0.15, 0.2) is 0 Å². The maximum absolute atomic E-state index is 13.5. The number of alkyl carbamates (subject to hydrolysis) is 1. The highest BCUT2D eigenvalue weighted by molar-refractivity contribution is 5.88. The smallest absolute Gasteiger partial charge is 0.407 e. The van der Waals surface area contributed by atoms with E-state index in [-0.39, 0.29) is 25.5 Å². The predicted octanol–water partition coefficient (Wildman–Crippen LogP) is 2.97. The molecule has 0 heterocycles. The van der Waals surface area contributed by atoms with Crippen molar-refractivity contribution in [3.8, 4) is 5.75 Å². The maximum atomic E-state index is 13.5. The first-order chi connectivity index (χ1) is 12.0. The van der Waals surface area contributed by atoms with Crippen LogP contribution in [-0.4, -0.2) is 30.3 Å². The molecule has 132 valence electrons. The molecule has 0 aliphatic heterocycles. The van der Waals surface area contributed by atoms with E-state index in [4.69, 9.17) is 14.6 Å². The first kappa shape index (κ1) is 18.2. The van der Waals surface area contributed by atoms with E-state index >= 15 is 0 Å². The zero-order valence-corrected chi connectivity index (χ0v) is 13.0. The number of rotatable bonds is 7. The predicted molar refractivity (Wildman–Crippen MR) is 83.4 cm³/mol. The van der Waals surface area contributed by atoms with Gasteiger partial charge in [-0.3, -0.25) is 0 Å². The lowest BCUT2D eigenvalue weighted by molar-refractivity contribution is 0.0686. The van der Waals surface area contributed by atoms with Gasteiger partial charge in [0.2, 0.25) is 0 Å². The number of benzene rings is 2. The van der Waals surface area contributed by atoms with Crippen molar-refractivity contribution in [2.75, 3.05) is 13.2 Å². The van der Waals surface area contributed by atoms with Crippen LogP contribution < -0.4 is 10.1 Å². The number of hydrogen-bond acceptors (Lipinski definition) is 4. The van der Waals surface area contributed by atoms with E-state index in [9.17, 15) is 18.4 Å². The lowest BCUT2D eigenvalue weighted by Gasteiger charge is -2.09. The minimum absolute atomic E-state index is 0.0392. The summed E-state index contributed by atoms with van der Waals surface area (Å²) in [5.41, 5.74) is -0.215. The van der Waals surface area contributed by atoms with Gasteiger partial charge in [-0.25, -0.2) is 18.4 Å². The minimum Gasteiger partial charge on any atom is -0.492 e. The number of ether oxygens (including phenoxy) is 2. The fourth-order valence-corrected chi connectivity index (χ4v) is 1.93. The highest BCUT2D eigenvalue weighted by Gasteiger charge is 2.18. The van der Waals surface area contributed by atoms with Crippen molar-refractivity contribution >= 4 is 12.1 Å². The Morgan fingerprint density at radius 3 is 2.32 bits per heavy atom. The van der Waals surface area contributed by atoms with Crippen LogP contribution in [0.2, 0.25) is 0 Å². The van der Waals surface area contributed by atoms with Crippen LogP contribution in [0.15, 0.2) is 42.5 Å². The number of nitrogens with one attached hydrogen (secondary N) is 1. The first-order valence-corrected chi connectivity index (χ1v) is 7.27. The Bertz CT molecular complexity index is 729. The zero-order chi connectivity index (χ0) is 18.2. The Kier molecular flexibility index (Phi) is 6.27. The average molecular weight is 351 g/mol. The lowest BCUT2D eigenvalue weighted by atomic mass is 10.2. The van der Waals surface area contributed by atoms with E-state index in [1.54, 1.807) is 12.1 Å². The number of halogens is 2. The van der Waals surface area contributed by atoms with Gasteiger partial charge < -0.3 is 19.9 Å². The van der Waals surface area contributed by atoms with Crippen LogP contribution >= 0.6 is 0 Å². The van der Waals surface area contributed by atoms with E-state index < -0.39 is 29.3 Å². The molecular weight excluding hydrogens is 336 g/mol. The molecule has 0 atom stereocenters. The van der Waals surface area contributed by atoms with Crippen molar-refractivity contribution in [3.05, 3.63) is 65.2 Å². The quantitative estimate of drug-likeness (QED) is 0.749. The Morgan fingerprint density at radius 1 is 1.08 bits per heavy atom. The van der Waals surface area contributed by atoms with Gasteiger partial charge in [-0.1, -0.05) is 30.3 Å². The Labute approximate surface area is 142 Å². The number of amides is 1. The molecule has 0 spiro atoms. The lowest BCUT2D eigenvalue weighted by Crippen LogP contribution is -2.28. The standard InChI is InChI=1S/C17H15F2NO5/c18-13-8-12(9-14(19)15(13)16(21)22)24-7-6-20-17(23)25-10-11-4-2-1-3-5-11/h1-5,8-9H,6-7,10H2,(H,20,23)(H,21,22). The van der Waals surface area contributed by atoms with Crippen molar-refractivity contribution in [1.29, 1.82) is 0 Å². The monoisotopic (exact) mass is 351 g/mol. The van der Waals surface area contributed by atoms with E-state index in [2.05, 4.69) is 5.32 Å². The summed E-state index contributed by atoms with van der Waals surface area (Å²) < 4.78 is 37.0. The molecule has 2 aromatic rings. The van der Waals surface area contributed by atoms with E-state index in [1.807, 2.05) is 18.2 Å². The normalized spacial score (nSPS) is 10.2. The number of aromatic carboxylic acids is 1. The molecule has 6 nitrogen and oxygen atoms in total. The summed E-state index contributed by atoms with van der Waals surface area (Å²) in [4.78, 5) is 22.2. The molecule has 2 rings (SSSR count). The molecule has 25 heavy (non-hydrogen) atoms. The number of carboxylic acids is 1. The van der Waals surface area contributed by atoms with Gasteiger partial charge in [0, 0.05) is 12.1 Å². The van der Waals surface area contributed by atoms with Gasteiger partial charge in [-0.05, 0) is 5.56 Å². The van der Waals surface area contributed by atoms with E-state index in [0.717, 1.165) is 17.7 Å². The van der Waals surface area contributed by atoms with Crippen LogP contribution in [0.3, 0.4) is 0 Å². The second-order valence-electron chi connectivity index (χ2n) is 4.90. The first-order valence-electron chi connectivity index (χ1n) is 7.27. The summed E-state index contributed by atoms with van der Waals surface area (Å²) >= 11 is 0. The molecule has 0 saturated carbocycles. The van der Waals surface area contributed by atoms with Crippen LogP contribution in [0.1, 0.15) is 15.9 Å². The Morgan fingerprint density at radius 2 is 1.72 bits per heavy atom. The molecule has 0 aromatic heterocycles. The summed E-state index contributed by atoms with van der Waals surface area (Å²) in [5.74, 6) is -4.36. The number of carbonyl (C=O) groups excluding carboxylic acids is 1. The topological polar surface area (TPSA) is 84.9 Å². The maximum Gasteiger partial charge on any atom is 0.407 e. The van der Waals surface area contributed by atoms with Crippen molar-refractivity contribution in [2.24, 2.45) is 0 Å². The second kappa shape index (κ2) is 8.62. The fraction of sp³-hybridized carbons (Fsp3) is 0.176. The molecule has 0 fully saturated rings. The largest absolute Gasteiger partial charge is 0.492 e. The Balaban J connectivity index is 1.74. The molecule has 0 radical (unpaired) electrons. The van der Waals surface area contributed by atoms with Crippen LogP contribution in [0.25, 0.3) is 0 Å². The highest BCUT2D eigenvalue weighted by Crippen LogP contribution is 2.20. The van der Waals surface area contributed by atoms with Gasteiger partial charge >= 0.3 is 12.1 Å². The third-order valence-electron chi connectivity index (χ3n) is 3.08. The molecule has 0 bridgehead atoms. The van der Waals surface area contributed by atoms with E-state index in [0.29, 0.717) is 0 Å². The van der Waals surface area contributed by atoms with Crippen molar-refractivity contribution < 1.29 is 33.0 Å². The molecule has 1 amide bonds. The highest BCUT2D eigenvalue weighted by atomic mass is 19.1. The van der Waals surface area contributed by atoms with Crippen molar-refractivity contribution in [3.63, 3.8) is 0 Å². The third kappa shape index (κ3) is 5.45. The molecular formula is C17H15F2NO5. The number of hydrogen-bond donors (Lipinski definition) is 2. The molecule has 2 N–H and O–H groups in total. The molecule has 0 aliphatic rings. The summed E-state index contributed by atoms with van der Waals surface area (Å²) in [6, 6.07) is 10.6. The Hall–Kier alpha value is -3.16. The molecule has 0 unspecified atom stereocenters. The van der Waals surface area contributed by atoms with Crippen LogP contribution in [0.5, 0.6) is 5.75 Å². The summed E-state index contributed by atoms with van der Waals surface area (Å²) in [6.07, 6.45) is -0.661. The average Bonchev–Trinajstić information content (AvgIpc) is 2.57. The fourth-order valence-electron chi connectivity index (χ4n) is 1.93. The summed E-state index contributed by atoms with van der Waals surface area (Å²) in [5, 5.41) is 11.1. The molecule has 0 aliphatic carbocycles. The van der Waals surface area contributed by atoms with Crippen LogP contribution in [0.4, 0.5) is 13.6 Å². The van der Waals surface area contributed by atoms with E-state index in [1.165, 1.54) is 0 Å². The molecule has 0 saturated heterocycles. The molecule has 2 aromatic carbocycles. The zero-order valence-electron chi connectivity index (χ0n) is 13.0. The summed E-state index contributed by atoms with van der Waals surface area (Å²) in [6.45, 7) is 0.0733. The second-order valence-corrected chi connectivity index (χ2v) is 4.90. The number of carbonyl (C=O) groups is 2. The summed E-state index contributed by atoms with van der Waals surface area (Å²) in [7, 11) is 0. The third-order valence-corrected chi connectivity index (χ3v) is 3.08. The van der Waals surface area contributed by atoms with Crippen LogP contribution in [-0.2, 0) is 11.3 Å². The minimum atomic E-state index is -1.70. The van der Waals surface area contributed by atoms with Crippen molar-refractivity contribution in [1.82, 2.24) is 5.32 Å². The number of carboxylic acid groups (broad SMARTS) is 1. The van der Waals surface area contributed by atoms with Crippen LogP contribution in [0, 0.1) is 11.6 Å².